The number of hydrogen-bond acceptors (Lipinski definition) is 0. The van der Waals surface area contributed by atoms with E-state index in [1.165, 1.54) is 0 Å². The Morgan fingerprint density at radius 3 is 0.964 bits per heavy atom. The molecule has 142 valence electrons. The van der Waals surface area contributed by atoms with Gasteiger partial charge in [0.2, 0.25) is 0 Å². The summed E-state index contributed by atoms with van der Waals surface area (Å²) in [4.78, 5) is 0. The molecular formula is C26H28P2. The Bertz CT molecular complexity index is 884. The van der Waals surface area contributed by atoms with Gasteiger partial charge in [-0.15, -0.1) is 0 Å². The van der Waals surface area contributed by atoms with Crippen LogP contribution in [-0.2, 0) is 0 Å². The second kappa shape index (κ2) is 7.09. The molecule has 5 rings (SSSR count). The summed E-state index contributed by atoms with van der Waals surface area (Å²) in [5.41, 5.74) is 8.92. The van der Waals surface area contributed by atoms with E-state index in [0.29, 0.717) is 22.6 Å². The molecule has 3 aromatic rings. The van der Waals surface area contributed by atoms with E-state index in [0.717, 1.165) is 0 Å². The summed E-state index contributed by atoms with van der Waals surface area (Å²) in [5, 5.41) is 3.35. The summed E-state index contributed by atoms with van der Waals surface area (Å²) in [7, 11) is -0.449. The minimum absolute atomic E-state index is 0.224. The molecule has 0 unspecified atom stereocenters. The lowest BCUT2D eigenvalue weighted by atomic mass is 10.0. The molecule has 2 aliphatic rings. The fourth-order valence-corrected chi connectivity index (χ4v) is 12.6. The molecule has 4 atom stereocenters. The van der Waals surface area contributed by atoms with Gasteiger partial charge in [0.05, 0.1) is 0 Å². The molecule has 2 heteroatoms. The van der Waals surface area contributed by atoms with Gasteiger partial charge >= 0.3 is 0 Å². The highest BCUT2D eigenvalue weighted by Crippen LogP contribution is 2.71. The van der Waals surface area contributed by atoms with Crippen LogP contribution in [0.1, 0.15) is 72.6 Å². The monoisotopic (exact) mass is 402 g/mol. The van der Waals surface area contributed by atoms with Gasteiger partial charge in [0.1, 0.15) is 0 Å². The van der Waals surface area contributed by atoms with Gasteiger partial charge in [0.15, 0.2) is 0 Å². The molecule has 2 heterocycles. The molecule has 28 heavy (non-hydrogen) atoms. The summed E-state index contributed by atoms with van der Waals surface area (Å²) < 4.78 is 0. The molecule has 0 nitrogen and oxygen atoms in total. The van der Waals surface area contributed by atoms with Gasteiger partial charge in [-0.1, -0.05) is 116 Å². The van der Waals surface area contributed by atoms with Crippen molar-refractivity contribution in [1.82, 2.24) is 0 Å². The first-order chi connectivity index (χ1) is 13.6. The summed E-state index contributed by atoms with van der Waals surface area (Å²) in [6.45, 7) is 9.87. The average molecular weight is 402 g/mol. The van der Waals surface area contributed by atoms with Crippen LogP contribution in [0.5, 0.6) is 0 Å². The molecule has 2 aliphatic heterocycles. The maximum atomic E-state index is 2.47. The Balaban J connectivity index is 1.61. The van der Waals surface area contributed by atoms with Crippen LogP contribution in [0.15, 0.2) is 72.8 Å². The van der Waals surface area contributed by atoms with Gasteiger partial charge in [0.25, 0.3) is 0 Å². The third kappa shape index (κ3) is 2.65. The molecule has 0 fully saturated rings. The summed E-state index contributed by atoms with van der Waals surface area (Å²) >= 11 is 0. The van der Waals surface area contributed by atoms with Crippen molar-refractivity contribution in [2.24, 2.45) is 0 Å². The highest BCUT2D eigenvalue weighted by molar-refractivity contribution is 7.73. The predicted octanol–water partition coefficient (Wildman–Crippen LogP) is 7.57. The summed E-state index contributed by atoms with van der Waals surface area (Å²) in [6, 6.07) is 27.8. The van der Waals surface area contributed by atoms with E-state index in [1.54, 1.807) is 32.9 Å². The summed E-state index contributed by atoms with van der Waals surface area (Å²) in [5.74, 6) is 0. The highest BCUT2D eigenvalue weighted by Gasteiger charge is 2.41. The lowest BCUT2D eigenvalue weighted by Gasteiger charge is -2.30. The molecule has 0 saturated heterocycles. The van der Waals surface area contributed by atoms with E-state index < -0.39 is 0 Å². The van der Waals surface area contributed by atoms with Crippen molar-refractivity contribution in [2.45, 2.75) is 50.3 Å². The van der Waals surface area contributed by atoms with Crippen LogP contribution in [0.25, 0.3) is 0 Å². The Labute approximate surface area is 171 Å². The van der Waals surface area contributed by atoms with Crippen molar-refractivity contribution in [3.05, 3.63) is 95.1 Å². The average Bonchev–Trinajstić information content (AvgIpc) is 3.13. The Hall–Kier alpha value is -1.48. The predicted molar refractivity (Wildman–Crippen MR) is 126 cm³/mol. The zero-order valence-electron chi connectivity index (χ0n) is 17.1. The van der Waals surface area contributed by atoms with Crippen molar-refractivity contribution in [3.63, 3.8) is 0 Å². The van der Waals surface area contributed by atoms with Gasteiger partial charge < -0.3 is 0 Å². The van der Waals surface area contributed by atoms with E-state index in [1.807, 2.05) is 0 Å². The maximum absolute atomic E-state index is 2.47. The minimum Gasteiger partial charge on any atom is -0.0620 e. The lowest BCUT2D eigenvalue weighted by Crippen LogP contribution is -2.24. The standard InChI is InChI=1S/C26H28P2/c1-17-21-11-5-6-12-22(21)18(2)27(17)25-15-9-10-16-26(25)28-19(3)23-13-7-8-14-24(23)20(28)4/h5-20H,1-4H3/t17-,18-,19-,20-/m1/s1. The number of benzene rings is 3. The van der Waals surface area contributed by atoms with Crippen molar-refractivity contribution in [2.75, 3.05) is 0 Å². The van der Waals surface area contributed by atoms with Crippen LogP contribution in [0, 0.1) is 0 Å². The second-order valence-electron chi connectivity index (χ2n) is 8.26. The molecular weight excluding hydrogens is 374 g/mol. The lowest BCUT2D eigenvalue weighted by molar-refractivity contribution is 1.08. The van der Waals surface area contributed by atoms with Gasteiger partial charge in [-0.2, -0.15) is 0 Å². The zero-order chi connectivity index (χ0) is 19.4. The third-order valence-electron chi connectivity index (χ3n) is 6.90. The SMILES string of the molecule is C[C@@H]1c2ccccc2[C@@H](C)P1c1ccccc1P1[C@H](C)c2ccccc2[C@H]1C. The van der Waals surface area contributed by atoms with Crippen molar-refractivity contribution in [3.8, 4) is 0 Å². The third-order valence-corrected chi connectivity index (χ3v) is 13.4. The number of hydrogen-bond donors (Lipinski definition) is 0. The van der Waals surface area contributed by atoms with Crippen LogP contribution in [0.4, 0.5) is 0 Å². The van der Waals surface area contributed by atoms with Crippen LogP contribution < -0.4 is 10.6 Å². The molecule has 0 spiro atoms. The van der Waals surface area contributed by atoms with E-state index in [4.69, 9.17) is 0 Å². The normalized spacial score (nSPS) is 27.0. The van der Waals surface area contributed by atoms with E-state index in [-0.39, 0.29) is 15.8 Å². The summed E-state index contributed by atoms with van der Waals surface area (Å²) in [6.07, 6.45) is 0. The number of rotatable bonds is 2. The highest BCUT2D eigenvalue weighted by atomic mass is 31.1. The van der Waals surface area contributed by atoms with E-state index in [9.17, 15) is 0 Å². The topological polar surface area (TPSA) is 0 Å². The fraction of sp³-hybridized carbons (Fsp3) is 0.308. The molecule has 0 radical (unpaired) electrons. The molecule has 0 aromatic heterocycles. The molecule has 0 saturated carbocycles. The molecule has 0 aliphatic carbocycles. The maximum Gasteiger partial charge on any atom is 0.00622 e. The van der Waals surface area contributed by atoms with Crippen molar-refractivity contribution in [1.29, 1.82) is 0 Å². The Morgan fingerprint density at radius 2 is 0.679 bits per heavy atom. The first-order valence-electron chi connectivity index (χ1n) is 10.4. The first kappa shape index (κ1) is 18.5. The Morgan fingerprint density at radius 1 is 0.429 bits per heavy atom. The second-order valence-corrected chi connectivity index (χ2v) is 14.0. The van der Waals surface area contributed by atoms with Crippen LogP contribution in [-0.4, -0.2) is 0 Å². The molecule has 0 amide bonds. The quantitative estimate of drug-likeness (QED) is 0.388. The first-order valence-corrected chi connectivity index (χ1v) is 13.4. The largest absolute Gasteiger partial charge is 0.0620 e. The van der Waals surface area contributed by atoms with E-state index in [2.05, 4.69) is 100 Å². The smallest absolute Gasteiger partial charge is 0.00622 e. The van der Waals surface area contributed by atoms with Crippen molar-refractivity contribution < 1.29 is 0 Å². The van der Waals surface area contributed by atoms with Crippen LogP contribution >= 0.6 is 15.8 Å². The minimum atomic E-state index is -0.224. The Kier molecular flexibility index (Phi) is 4.70. The zero-order valence-corrected chi connectivity index (χ0v) is 18.9. The van der Waals surface area contributed by atoms with E-state index >= 15 is 0 Å². The van der Waals surface area contributed by atoms with Crippen molar-refractivity contribution >= 4 is 26.5 Å². The van der Waals surface area contributed by atoms with Gasteiger partial charge in [-0.25, -0.2) is 0 Å². The van der Waals surface area contributed by atoms with Gasteiger partial charge in [-0.3, -0.25) is 0 Å². The van der Waals surface area contributed by atoms with Gasteiger partial charge in [-0.05, 0) is 32.9 Å². The van der Waals surface area contributed by atoms with Gasteiger partial charge in [0, 0.05) is 22.6 Å². The molecule has 3 aromatic carbocycles. The molecule has 0 N–H and O–H groups in total. The fourth-order valence-electron chi connectivity index (χ4n) is 5.55. The van der Waals surface area contributed by atoms with Crippen LogP contribution in [0.3, 0.4) is 0 Å². The van der Waals surface area contributed by atoms with Crippen LogP contribution in [0.2, 0.25) is 0 Å². The molecule has 0 bridgehead atoms. The number of fused-ring (bicyclic) bond motifs is 2.